The van der Waals surface area contributed by atoms with E-state index < -0.39 is 0 Å². The van der Waals surface area contributed by atoms with Crippen LogP contribution in [0.15, 0.2) is 12.3 Å². The Hall–Kier alpha value is -0.830. The van der Waals surface area contributed by atoms with Gasteiger partial charge in [-0.2, -0.15) is 5.10 Å². The predicted molar refractivity (Wildman–Crippen MR) is 78.0 cm³/mol. The van der Waals surface area contributed by atoms with Gasteiger partial charge in [0.1, 0.15) is 0 Å². The molecule has 0 aromatic carbocycles. The molecule has 1 aromatic rings. The lowest BCUT2D eigenvalue weighted by Gasteiger charge is -2.35. The molecule has 3 unspecified atom stereocenters. The van der Waals surface area contributed by atoms with Crippen LogP contribution in [0.2, 0.25) is 0 Å². The van der Waals surface area contributed by atoms with Gasteiger partial charge in [-0.15, -0.1) is 0 Å². The second-order valence-electron chi connectivity index (χ2n) is 6.53. The zero-order valence-corrected chi connectivity index (χ0v) is 12.1. The molecule has 0 amide bonds. The Bertz CT molecular complexity index is 408. The van der Waals surface area contributed by atoms with Gasteiger partial charge in [0.25, 0.3) is 0 Å². The van der Waals surface area contributed by atoms with Gasteiger partial charge in [-0.1, -0.05) is 19.8 Å². The normalized spacial score (nSPS) is 31.6. The van der Waals surface area contributed by atoms with Crippen molar-refractivity contribution in [2.45, 2.75) is 63.8 Å². The number of hydrogen-bond donors (Lipinski definition) is 1. The van der Waals surface area contributed by atoms with Gasteiger partial charge in [0.15, 0.2) is 0 Å². The summed E-state index contributed by atoms with van der Waals surface area (Å²) in [5, 5.41) is 4.85. The van der Waals surface area contributed by atoms with E-state index in [-0.39, 0.29) is 0 Å². The Balaban J connectivity index is 1.73. The molecule has 0 aliphatic heterocycles. The molecule has 1 aromatic heterocycles. The van der Waals surface area contributed by atoms with E-state index in [9.17, 15) is 0 Å². The molecule has 0 saturated heterocycles. The first-order valence-corrected chi connectivity index (χ1v) is 8.07. The van der Waals surface area contributed by atoms with Crippen molar-refractivity contribution in [3.05, 3.63) is 18.0 Å². The van der Waals surface area contributed by atoms with Crippen molar-refractivity contribution in [3.8, 4) is 0 Å². The van der Waals surface area contributed by atoms with Crippen molar-refractivity contribution in [2.75, 3.05) is 6.54 Å². The van der Waals surface area contributed by atoms with Crippen molar-refractivity contribution in [1.29, 1.82) is 0 Å². The first-order chi connectivity index (χ1) is 9.31. The van der Waals surface area contributed by atoms with Crippen molar-refractivity contribution in [1.82, 2.24) is 9.78 Å². The first-order valence-electron chi connectivity index (χ1n) is 8.07. The van der Waals surface area contributed by atoms with Crippen LogP contribution in [-0.2, 0) is 0 Å². The van der Waals surface area contributed by atoms with Crippen LogP contribution in [0.3, 0.4) is 0 Å². The maximum atomic E-state index is 5.99. The summed E-state index contributed by atoms with van der Waals surface area (Å²) in [6, 6.07) is 2.78. The van der Waals surface area contributed by atoms with Gasteiger partial charge < -0.3 is 5.73 Å². The quantitative estimate of drug-likeness (QED) is 0.882. The molecule has 2 N–H and O–H groups in total. The number of rotatable bonds is 5. The molecule has 0 radical (unpaired) electrons. The molecule has 3 atom stereocenters. The maximum Gasteiger partial charge on any atom is 0.0655 e. The van der Waals surface area contributed by atoms with Gasteiger partial charge in [-0.05, 0) is 56.6 Å². The van der Waals surface area contributed by atoms with Gasteiger partial charge in [-0.3, -0.25) is 4.68 Å². The van der Waals surface area contributed by atoms with Crippen LogP contribution in [0.4, 0.5) is 0 Å². The maximum absolute atomic E-state index is 5.99. The van der Waals surface area contributed by atoms with Crippen LogP contribution < -0.4 is 5.73 Å². The largest absolute Gasteiger partial charge is 0.330 e. The van der Waals surface area contributed by atoms with E-state index in [0.717, 1.165) is 18.4 Å². The highest BCUT2D eigenvalue weighted by atomic mass is 15.3. The van der Waals surface area contributed by atoms with Crippen molar-refractivity contribution < 1.29 is 0 Å². The van der Waals surface area contributed by atoms with Crippen molar-refractivity contribution in [2.24, 2.45) is 17.6 Å². The molecule has 3 rings (SSSR count). The number of nitrogens with two attached hydrogens (primary N) is 1. The highest BCUT2D eigenvalue weighted by molar-refractivity contribution is 5.13. The summed E-state index contributed by atoms with van der Waals surface area (Å²) >= 11 is 0. The predicted octanol–water partition coefficient (Wildman–Crippen LogP) is 3.48. The first kappa shape index (κ1) is 13.2. The minimum absolute atomic E-state index is 0.544. The van der Waals surface area contributed by atoms with E-state index in [2.05, 4.69) is 23.9 Å². The van der Waals surface area contributed by atoms with Crippen LogP contribution in [0.1, 0.15) is 69.5 Å². The monoisotopic (exact) mass is 261 g/mol. The van der Waals surface area contributed by atoms with E-state index in [1.165, 1.54) is 50.6 Å². The van der Waals surface area contributed by atoms with E-state index in [1.54, 1.807) is 0 Å². The van der Waals surface area contributed by atoms with E-state index in [1.807, 2.05) is 0 Å². The zero-order chi connectivity index (χ0) is 13.2. The zero-order valence-electron chi connectivity index (χ0n) is 12.1. The Labute approximate surface area is 116 Å². The Morgan fingerprint density at radius 1 is 1.32 bits per heavy atom. The van der Waals surface area contributed by atoms with Crippen LogP contribution in [0.25, 0.3) is 0 Å². The highest BCUT2D eigenvalue weighted by Crippen LogP contribution is 2.41. The summed E-state index contributed by atoms with van der Waals surface area (Å²) in [5.41, 5.74) is 7.30. The van der Waals surface area contributed by atoms with E-state index >= 15 is 0 Å². The standard InChI is InChI=1S/C16H27N3/c1-2-3-12-4-5-14(11-17)16(10-12)19-9-8-15(18-19)13-6-7-13/h8-9,12-14,16H,2-7,10-11,17H2,1H3. The fraction of sp³-hybridized carbons (Fsp3) is 0.812. The average molecular weight is 261 g/mol. The van der Waals surface area contributed by atoms with Crippen molar-refractivity contribution in [3.63, 3.8) is 0 Å². The van der Waals surface area contributed by atoms with Gasteiger partial charge in [0.2, 0.25) is 0 Å². The van der Waals surface area contributed by atoms with E-state index in [0.29, 0.717) is 12.0 Å². The molecule has 19 heavy (non-hydrogen) atoms. The lowest BCUT2D eigenvalue weighted by molar-refractivity contribution is 0.169. The Morgan fingerprint density at radius 2 is 2.16 bits per heavy atom. The fourth-order valence-electron chi connectivity index (χ4n) is 3.70. The topological polar surface area (TPSA) is 43.8 Å². The van der Waals surface area contributed by atoms with Crippen LogP contribution in [-0.4, -0.2) is 16.3 Å². The van der Waals surface area contributed by atoms with Crippen LogP contribution >= 0.6 is 0 Å². The SMILES string of the molecule is CCCC1CCC(CN)C(n2ccc(C3CC3)n2)C1. The lowest BCUT2D eigenvalue weighted by Crippen LogP contribution is -2.32. The molecule has 2 aliphatic carbocycles. The molecule has 2 saturated carbocycles. The molecule has 1 heterocycles. The smallest absolute Gasteiger partial charge is 0.0655 e. The second kappa shape index (κ2) is 5.66. The molecular formula is C16H27N3. The van der Waals surface area contributed by atoms with Crippen LogP contribution in [0.5, 0.6) is 0 Å². The highest BCUT2D eigenvalue weighted by Gasteiger charge is 2.32. The lowest BCUT2D eigenvalue weighted by atomic mass is 9.76. The summed E-state index contributed by atoms with van der Waals surface area (Å²) in [4.78, 5) is 0. The summed E-state index contributed by atoms with van der Waals surface area (Å²) in [6.07, 6.45) is 11.5. The third-order valence-electron chi connectivity index (χ3n) is 5.03. The summed E-state index contributed by atoms with van der Waals surface area (Å²) < 4.78 is 2.24. The molecule has 2 fully saturated rings. The number of nitrogens with zero attached hydrogens (tertiary/aromatic N) is 2. The average Bonchev–Trinajstić information content (AvgIpc) is 3.17. The molecule has 106 valence electrons. The van der Waals surface area contributed by atoms with E-state index in [4.69, 9.17) is 10.8 Å². The molecule has 3 nitrogen and oxygen atoms in total. The fourth-order valence-corrected chi connectivity index (χ4v) is 3.70. The number of hydrogen-bond acceptors (Lipinski definition) is 2. The summed E-state index contributed by atoms with van der Waals surface area (Å²) in [7, 11) is 0. The van der Waals surface area contributed by atoms with Gasteiger partial charge in [0.05, 0.1) is 11.7 Å². The molecule has 0 bridgehead atoms. The van der Waals surface area contributed by atoms with Gasteiger partial charge in [0, 0.05) is 12.1 Å². The molecular weight excluding hydrogens is 234 g/mol. The molecule has 2 aliphatic rings. The minimum Gasteiger partial charge on any atom is -0.330 e. The van der Waals surface area contributed by atoms with Gasteiger partial charge >= 0.3 is 0 Å². The molecule has 0 spiro atoms. The third-order valence-corrected chi connectivity index (χ3v) is 5.03. The van der Waals surface area contributed by atoms with Crippen LogP contribution in [0, 0.1) is 11.8 Å². The van der Waals surface area contributed by atoms with Crippen molar-refractivity contribution >= 4 is 0 Å². The summed E-state index contributed by atoms with van der Waals surface area (Å²) in [5.74, 6) is 2.26. The Kier molecular flexibility index (Phi) is 3.92. The second-order valence-corrected chi connectivity index (χ2v) is 6.53. The number of aromatic nitrogens is 2. The van der Waals surface area contributed by atoms with Gasteiger partial charge in [-0.25, -0.2) is 0 Å². The summed E-state index contributed by atoms with van der Waals surface area (Å²) in [6.45, 7) is 3.10. The minimum atomic E-state index is 0.544. The molecule has 3 heteroatoms. The Morgan fingerprint density at radius 3 is 2.84 bits per heavy atom. The third kappa shape index (κ3) is 2.86.